The number of benzene rings is 1. The van der Waals surface area contributed by atoms with Crippen molar-refractivity contribution >= 4 is 24.1 Å². The van der Waals surface area contributed by atoms with Crippen LogP contribution in [0.2, 0.25) is 0 Å². The number of esters is 1. The fraction of sp³-hybridized carbons (Fsp3) is 0.222. The lowest BCUT2D eigenvalue weighted by atomic mass is 10.2. The number of nitrogen functional groups attached to an aromatic ring is 1. The van der Waals surface area contributed by atoms with E-state index in [-0.39, 0.29) is 18.4 Å². The van der Waals surface area contributed by atoms with Gasteiger partial charge in [-0.3, -0.25) is 5.84 Å². The summed E-state index contributed by atoms with van der Waals surface area (Å²) < 4.78 is 4.84. The molecule has 0 bridgehead atoms. The van der Waals surface area contributed by atoms with E-state index in [9.17, 15) is 4.79 Å². The first-order chi connectivity index (χ1) is 6.29. The van der Waals surface area contributed by atoms with Crippen molar-refractivity contribution in [2.24, 2.45) is 5.84 Å². The van der Waals surface area contributed by atoms with Crippen molar-refractivity contribution in [3.63, 3.8) is 0 Å². The van der Waals surface area contributed by atoms with Crippen molar-refractivity contribution in [2.75, 3.05) is 12.0 Å². The summed E-state index contributed by atoms with van der Waals surface area (Å²) in [6.45, 7) is 2.12. The molecule has 4 nitrogen and oxygen atoms in total. The number of anilines is 1. The minimum Gasteiger partial charge on any atom is -0.462 e. The third kappa shape index (κ3) is 2.90. The van der Waals surface area contributed by atoms with Crippen molar-refractivity contribution in [3.05, 3.63) is 29.8 Å². The average molecular weight is 217 g/mol. The molecule has 0 amide bonds. The topological polar surface area (TPSA) is 64.3 Å². The van der Waals surface area contributed by atoms with Crippen molar-refractivity contribution in [1.82, 2.24) is 0 Å². The maximum atomic E-state index is 11.3. The molecule has 0 atom stereocenters. The number of carbonyl (C=O) groups is 1. The number of rotatable bonds is 3. The first-order valence-corrected chi connectivity index (χ1v) is 4.02. The van der Waals surface area contributed by atoms with Gasteiger partial charge in [0.25, 0.3) is 0 Å². The Hall–Kier alpha value is -1.26. The Bertz CT molecular complexity index is 305. The summed E-state index contributed by atoms with van der Waals surface area (Å²) in [6, 6.07) is 6.92. The van der Waals surface area contributed by atoms with E-state index in [4.69, 9.17) is 10.6 Å². The normalized spacial score (nSPS) is 8.71. The number of hydrogen-bond donors (Lipinski definition) is 2. The second kappa shape index (κ2) is 6.23. The van der Waals surface area contributed by atoms with Gasteiger partial charge in [-0.25, -0.2) is 4.79 Å². The van der Waals surface area contributed by atoms with E-state index in [1.54, 1.807) is 31.2 Å². The molecule has 1 aromatic carbocycles. The number of para-hydroxylation sites is 1. The molecule has 0 fully saturated rings. The van der Waals surface area contributed by atoms with Crippen LogP contribution in [0.3, 0.4) is 0 Å². The van der Waals surface area contributed by atoms with Crippen molar-refractivity contribution < 1.29 is 9.53 Å². The number of halogens is 1. The molecule has 0 aliphatic heterocycles. The summed E-state index contributed by atoms with van der Waals surface area (Å²) >= 11 is 0. The first kappa shape index (κ1) is 12.7. The highest BCUT2D eigenvalue weighted by atomic mass is 35.5. The molecule has 0 saturated carbocycles. The molecule has 5 heteroatoms. The third-order valence-corrected chi connectivity index (χ3v) is 1.58. The molecule has 0 aliphatic carbocycles. The molecule has 0 aromatic heterocycles. The summed E-state index contributed by atoms with van der Waals surface area (Å²) in [4.78, 5) is 11.3. The number of ether oxygens (including phenoxy) is 1. The molecule has 0 radical (unpaired) electrons. The van der Waals surface area contributed by atoms with Crippen molar-refractivity contribution in [2.45, 2.75) is 6.92 Å². The van der Waals surface area contributed by atoms with Crippen LogP contribution in [0.15, 0.2) is 24.3 Å². The third-order valence-electron chi connectivity index (χ3n) is 1.58. The molecule has 0 unspecified atom stereocenters. The molecule has 78 valence electrons. The molecular formula is C9H13ClN2O2. The maximum Gasteiger partial charge on any atom is 0.340 e. The molecule has 0 saturated heterocycles. The highest BCUT2D eigenvalue weighted by Gasteiger charge is 2.09. The zero-order valence-electron chi connectivity index (χ0n) is 7.82. The lowest BCUT2D eigenvalue weighted by Crippen LogP contribution is -2.13. The molecule has 3 N–H and O–H groups in total. The van der Waals surface area contributed by atoms with E-state index in [2.05, 4.69) is 5.43 Å². The lowest BCUT2D eigenvalue weighted by molar-refractivity contribution is 0.0527. The van der Waals surface area contributed by atoms with Crippen LogP contribution in [0.4, 0.5) is 5.69 Å². The second-order valence-electron chi connectivity index (χ2n) is 2.41. The summed E-state index contributed by atoms with van der Waals surface area (Å²) in [5, 5.41) is 0. The summed E-state index contributed by atoms with van der Waals surface area (Å²) in [6.07, 6.45) is 0. The summed E-state index contributed by atoms with van der Waals surface area (Å²) in [7, 11) is 0. The minimum absolute atomic E-state index is 0. The van der Waals surface area contributed by atoms with Crippen LogP contribution < -0.4 is 11.3 Å². The fourth-order valence-corrected chi connectivity index (χ4v) is 0.996. The zero-order valence-corrected chi connectivity index (χ0v) is 8.64. The highest BCUT2D eigenvalue weighted by molar-refractivity contribution is 5.95. The molecular weight excluding hydrogens is 204 g/mol. The van der Waals surface area contributed by atoms with Gasteiger partial charge in [0.1, 0.15) is 0 Å². The Morgan fingerprint density at radius 2 is 2.14 bits per heavy atom. The van der Waals surface area contributed by atoms with E-state index < -0.39 is 0 Å². The highest BCUT2D eigenvalue weighted by Crippen LogP contribution is 2.14. The number of hydrazine groups is 1. The van der Waals surface area contributed by atoms with E-state index in [1.807, 2.05) is 0 Å². The van der Waals surface area contributed by atoms with Gasteiger partial charge >= 0.3 is 5.97 Å². The Labute approximate surface area is 88.8 Å². The van der Waals surface area contributed by atoms with E-state index in [0.29, 0.717) is 17.9 Å². The van der Waals surface area contributed by atoms with Crippen LogP contribution >= 0.6 is 12.4 Å². The van der Waals surface area contributed by atoms with Crippen LogP contribution in [-0.4, -0.2) is 12.6 Å². The molecule has 1 aromatic rings. The molecule has 0 heterocycles. The van der Waals surface area contributed by atoms with Gasteiger partial charge in [-0.15, -0.1) is 12.4 Å². The molecule has 14 heavy (non-hydrogen) atoms. The van der Waals surface area contributed by atoms with Gasteiger partial charge in [0.15, 0.2) is 0 Å². The average Bonchev–Trinajstić information content (AvgIpc) is 2.18. The number of nitrogens with one attached hydrogen (secondary N) is 1. The second-order valence-corrected chi connectivity index (χ2v) is 2.41. The molecule has 0 spiro atoms. The summed E-state index contributed by atoms with van der Waals surface area (Å²) in [5.41, 5.74) is 3.46. The fourth-order valence-electron chi connectivity index (χ4n) is 0.996. The van der Waals surface area contributed by atoms with Gasteiger partial charge < -0.3 is 10.2 Å². The molecule has 0 aliphatic rings. The largest absolute Gasteiger partial charge is 0.462 e. The van der Waals surface area contributed by atoms with Gasteiger partial charge in [-0.05, 0) is 19.1 Å². The van der Waals surface area contributed by atoms with E-state index in [0.717, 1.165) is 0 Å². The van der Waals surface area contributed by atoms with Crippen LogP contribution in [0.5, 0.6) is 0 Å². The predicted molar refractivity (Wildman–Crippen MR) is 57.5 cm³/mol. The number of carbonyl (C=O) groups excluding carboxylic acids is 1. The maximum absolute atomic E-state index is 11.3. The number of nitrogens with two attached hydrogens (primary N) is 1. The van der Waals surface area contributed by atoms with Gasteiger partial charge in [0, 0.05) is 0 Å². The lowest BCUT2D eigenvalue weighted by Gasteiger charge is -2.06. The first-order valence-electron chi connectivity index (χ1n) is 4.02. The Morgan fingerprint density at radius 3 is 2.71 bits per heavy atom. The van der Waals surface area contributed by atoms with E-state index >= 15 is 0 Å². The minimum atomic E-state index is -0.365. The monoisotopic (exact) mass is 216 g/mol. The van der Waals surface area contributed by atoms with Crippen molar-refractivity contribution in [3.8, 4) is 0 Å². The van der Waals surface area contributed by atoms with Gasteiger partial charge in [0.05, 0.1) is 17.9 Å². The van der Waals surface area contributed by atoms with Gasteiger partial charge in [0.2, 0.25) is 0 Å². The Balaban J connectivity index is 0.00000169. The smallest absolute Gasteiger partial charge is 0.340 e. The van der Waals surface area contributed by atoms with E-state index in [1.165, 1.54) is 0 Å². The quantitative estimate of drug-likeness (QED) is 0.457. The van der Waals surface area contributed by atoms with Gasteiger partial charge in [-0.2, -0.15) is 0 Å². The van der Waals surface area contributed by atoms with Crippen LogP contribution in [0, 0.1) is 0 Å². The SMILES string of the molecule is CCOC(=O)c1ccccc1NN.Cl. The Kier molecular flexibility index (Phi) is 5.67. The summed E-state index contributed by atoms with van der Waals surface area (Å²) in [5.74, 6) is 4.86. The predicted octanol–water partition coefficient (Wildman–Crippen LogP) is 1.57. The van der Waals surface area contributed by atoms with Crippen LogP contribution in [0.1, 0.15) is 17.3 Å². The van der Waals surface area contributed by atoms with Gasteiger partial charge in [-0.1, -0.05) is 12.1 Å². The van der Waals surface area contributed by atoms with Crippen LogP contribution in [-0.2, 0) is 4.74 Å². The number of hydrogen-bond acceptors (Lipinski definition) is 4. The standard InChI is InChI=1S/C9H12N2O2.ClH/c1-2-13-9(12)7-5-3-4-6-8(7)11-10;/h3-6,11H,2,10H2,1H3;1H. The molecule has 1 rings (SSSR count). The van der Waals surface area contributed by atoms with Crippen molar-refractivity contribution in [1.29, 1.82) is 0 Å². The zero-order chi connectivity index (χ0) is 9.68. The van der Waals surface area contributed by atoms with Crippen LogP contribution in [0.25, 0.3) is 0 Å². The Morgan fingerprint density at radius 1 is 1.50 bits per heavy atom.